The number of anilines is 2. The molecule has 1 unspecified atom stereocenters. The number of aliphatic hydroxyl groups is 1. The second-order valence-electron chi connectivity index (χ2n) is 8.90. The van der Waals surface area contributed by atoms with E-state index in [1.807, 2.05) is 55.5 Å². The smallest absolute Gasteiger partial charge is 0.255 e. The number of amides is 1. The van der Waals surface area contributed by atoms with Crippen molar-refractivity contribution in [1.29, 1.82) is 0 Å². The highest BCUT2D eigenvalue weighted by Crippen LogP contribution is 2.39. The highest BCUT2D eigenvalue weighted by molar-refractivity contribution is 6.05. The molecule has 0 bridgehead atoms. The highest BCUT2D eigenvalue weighted by atomic mass is 16.5. The lowest BCUT2D eigenvalue weighted by atomic mass is 10.0. The number of rotatable bonds is 9. The molecule has 5 N–H and O–H groups in total. The van der Waals surface area contributed by atoms with Crippen LogP contribution in [-0.4, -0.2) is 38.3 Å². The first kappa shape index (κ1) is 28.0. The quantitative estimate of drug-likeness (QED) is 0.166. The van der Waals surface area contributed by atoms with E-state index in [0.29, 0.717) is 39.8 Å². The Labute approximate surface area is 233 Å². The normalized spacial score (nSPS) is 11.9. The maximum absolute atomic E-state index is 13.0. The van der Waals surface area contributed by atoms with Gasteiger partial charge in [0.2, 0.25) is 5.75 Å². The Kier molecular flexibility index (Phi) is 8.88. The number of aryl methyl sites for hydroxylation is 1. The van der Waals surface area contributed by atoms with Crippen molar-refractivity contribution in [1.82, 2.24) is 0 Å². The van der Waals surface area contributed by atoms with Gasteiger partial charge < -0.3 is 35.7 Å². The van der Waals surface area contributed by atoms with E-state index in [1.54, 1.807) is 36.4 Å². The number of ether oxygens (including phenoxy) is 3. The fourth-order valence-corrected chi connectivity index (χ4v) is 4.11. The van der Waals surface area contributed by atoms with Gasteiger partial charge >= 0.3 is 0 Å². The fraction of sp³-hybridized carbons (Fsp3) is 0.161. The zero-order valence-electron chi connectivity index (χ0n) is 22.8. The van der Waals surface area contributed by atoms with Gasteiger partial charge in [0.25, 0.3) is 5.91 Å². The third-order valence-corrected chi connectivity index (χ3v) is 6.26. The summed E-state index contributed by atoms with van der Waals surface area (Å²) in [7, 11) is 4.47. The first-order valence-corrected chi connectivity index (χ1v) is 12.5. The number of methoxy groups -OCH3 is 3. The number of carbonyl (C=O) groups is 1. The number of hydrogen-bond acceptors (Lipinski definition) is 6. The monoisotopic (exact) mass is 540 g/mol. The molecule has 4 aromatic carbocycles. The molecule has 0 heterocycles. The van der Waals surface area contributed by atoms with Gasteiger partial charge in [-0.1, -0.05) is 48.5 Å². The summed E-state index contributed by atoms with van der Waals surface area (Å²) in [5.74, 6) is 0.896. The van der Waals surface area contributed by atoms with E-state index in [9.17, 15) is 9.90 Å². The van der Waals surface area contributed by atoms with Crippen LogP contribution >= 0.6 is 0 Å². The van der Waals surface area contributed by atoms with Crippen molar-refractivity contribution < 1.29 is 24.1 Å². The molecule has 9 nitrogen and oxygen atoms in total. The minimum atomic E-state index is -1.30. The second kappa shape index (κ2) is 12.7. The van der Waals surface area contributed by atoms with E-state index in [4.69, 9.17) is 19.9 Å². The number of aliphatic imine (C=N–C) groups is 1. The molecular weight excluding hydrogens is 508 g/mol. The lowest BCUT2D eigenvalue weighted by Gasteiger charge is -2.16. The van der Waals surface area contributed by atoms with E-state index < -0.39 is 6.23 Å². The largest absolute Gasteiger partial charge is 0.493 e. The summed E-state index contributed by atoms with van der Waals surface area (Å²) < 4.78 is 16.0. The molecule has 0 aliphatic rings. The molecule has 4 rings (SSSR count). The summed E-state index contributed by atoms with van der Waals surface area (Å²) >= 11 is 0. The van der Waals surface area contributed by atoms with Crippen LogP contribution in [0.5, 0.6) is 17.2 Å². The molecular formula is C31H32N4O5. The van der Waals surface area contributed by atoms with Crippen LogP contribution in [0.2, 0.25) is 0 Å². The second-order valence-corrected chi connectivity index (χ2v) is 8.90. The van der Waals surface area contributed by atoms with Crippen molar-refractivity contribution in [3.05, 3.63) is 102 Å². The maximum atomic E-state index is 13.0. The van der Waals surface area contributed by atoms with Gasteiger partial charge in [-0.25, -0.2) is 4.99 Å². The van der Waals surface area contributed by atoms with Gasteiger partial charge in [0, 0.05) is 22.5 Å². The maximum Gasteiger partial charge on any atom is 0.255 e. The van der Waals surface area contributed by atoms with Crippen LogP contribution in [-0.2, 0) is 0 Å². The predicted octanol–water partition coefficient (Wildman–Crippen LogP) is 5.36. The Morgan fingerprint density at radius 2 is 1.45 bits per heavy atom. The van der Waals surface area contributed by atoms with Crippen LogP contribution in [0.3, 0.4) is 0 Å². The zero-order chi connectivity index (χ0) is 28.6. The Hall–Kier alpha value is -5.02. The van der Waals surface area contributed by atoms with Gasteiger partial charge in [-0.2, -0.15) is 0 Å². The molecule has 0 aliphatic heterocycles. The number of nitrogens with zero attached hydrogens (tertiary/aromatic N) is 1. The molecule has 4 aromatic rings. The molecule has 1 amide bonds. The van der Waals surface area contributed by atoms with Crippen molar-refractivity contribution in [3.63, 3.8) is 0 Å². The van der Waals surface area contributed by atoms with E-state index in [1.165, 1.54) is 21.3 Å². The van der Waals surface area contributed by atoms with Crippen molar-refractivity contribution >= 4 is 23.2 Å². The topological polar surface area (TPSA) is 127 Å². The first-order chi connectivity index (χ1) is 19.3. The molecule has 1 atom stereocenters. The van der Waals surface area contributed by atoms with Crippen LogP contribution in [0.25, 0.3) is 11.1 Å². The number of guanidine groups is 1. The molecule has 0 saturated carbocycles. The van der Waals surface area contributed by atoms with Crippen molar-refractivity contribution in [2.75, 3.05) is 32.0 Å². The number of hydrogen-bond donors (Lipinski definition) is 4. The molecule has 206 valence electrons. The van der Waals surface area contributed by atoms with Gasteiger partial charge in [-0.15, -0.1) is 0 Å². The van der Waals surface area contributed by atoms with Crippen LogP contribution in [0.15, 0.2) is 89.9 Å². The summed E-state index contributed by atoms with van der Waals surface area (Å²) in [4.78, 5) is 17.1. The van der Waals surface area contributed by atoms with Crippen LogP contribution in [0, 0.1) is 6.92 Å². The average Bonchev–Trinajstić information content (AvgIpc) is 2.98. The molecule has 0 radical (unpaired) electrons. The third kappa shape index (κ3) is 6.51. The van der Waals surface area contributed by atoms with Gasteiger partial charge in [0.15, 0.2) is 23.7 Å². The van der Waals surface area contributed by atoms with E-state index >= 15 is 0 Å². The van der Waals surface area contributed by atoms with E-state index in [-0.39, 0.29) is 11.9 Å². The standard InChI is InChI=1S/C31H32N4O5/c1-19-10-15-24(33-31(32)35-30(37)23-16-26(38-2)28(40-4)27(17-23)39-3)18-25(19)34-29(36)22-13-11-21(12-14-22)20-8-6-5-7-9-20/h5-18,30,37H,1-4H3,(H,34,36)(H3,32,33,35). The fourth-order valence-electron chi connectivity index (χ4n) is 4.11. The lowest BCUT2D eigenvalue weighted by molar-refractivity contribution is 0.102. The van der Waals surface area contributed by atoms with Crippen LogP contribution in [0.1, 0.15) is 27.7 Å². The van der Waals surface area contributed by atoms with Crippen molar-refractivity contribution in [2.24, 2.45) is 10.7 Å². The van der Waals surface area contributed by atoms with Crippen LogP contribution in [0.4, 0.5) is 11.4 Å². The molecule has 0 fully saturated rings. The number of benzene rings is 4. The number of aliphatic hydroxyl groups excluding tert-OH is 1. The third-order valence-electron chi connectivity index (χ3n) is 6.26. The molecule has 0 spiro atoms. The zero-order valence-corrected chi connectivity index (χ0v) is 22.8. The van der Waals surface area contributed by atoms with Gasteiger partial charge in [-0.3, -0.25) is 4.79 Å². The van der Waals surface area contributed by atoms with E-state index in [2.05, 4.69) is 15.6 Å². The SMILES string of the molecule is COc1cc(C(O)/N=C(\N)Nc2ccc(C)c(NC(=O)c3ccc(-c4ccccc4)cc3)c2)cc(OC)c1OC. The average molecular weight is 541 g/mol. The summed E-state index contributed by atoms with van der Waals surface area (Å²) in [6.07, 6.45) is -1.30. The van der Waals surface area contributed by atoms with Gasteiger partial charge in [-0.05, 0) is 60.0 Å². The Morgan fingerprint density at radius 3 is 2.05 bits per heavy atom. The minimum absolute atomic E-state index is 0.0288. The highest BCUT2D eigenvalue weighted by Gasteiger charge is 2.17. The predicted molar refractivity (Wildman–Crippen MR) is 157 cm³/mol. The number of nitrogens with two attached hydrogens (primary N) is 1. The molecule has 0 aromatic heterocycles. The van der Waals surface area contributed by atoms with Gasteiger partial charge in [0.05, 0.1) is 21.3 Å². The minimum Gasteiger partial charge on any atom is -0.493 e. The number of carbonyl (C=O) groups excluding carboxylic acids is 1. The summed E-state index contributed by atoms with van der Waals surface area (Å²) in [5.41, 5.74) is 11.2. The van der Waals surface area contributed by atoms with Crippen LogP contribution < -0.4 is 30.6 Å². The summed E-state index contributed by atoms with van der Waals surface area (Å²) in [6, 6.07) is 26.0. The van der Waals surface area contributed by atoms with E-state index in [0.717, 1.165) is 16.7 Å². The Balaban J connectivity index is 1.47. The number of nitrogens with one attached hydrogen (secondary N) is 2. The Bertz CT molecular complexity index is 1480. The van der Waals surface area contributed by atoms with Crippen molar-refractivity contribution in [2.45, 2.75) is 13.2 Å². The lowest BCUT2D eigenvalue weighted by Crippen LogP contribution is -2.24. The first-order valence-electron chi connectivity index (χ1n) is 12.5. The molecule has 9 heteroatoms. The van der Waals surface area contributed by atoms with Gasteiger partial charge in [0.1, 0.15) is 0 Å². The van der Waals surface area contributed by atoms with Crippen molar-refractivity contribution in [3.8, 4) is 28.4 Å². The molecule has 40 heavy (non-hydrogen) atoms. The molecule has 0 saturated heterocycles. The Morgan fingerprint density at radius 1 is 0.825 bits per heavy atom. The molecule has 0 aliphatic carbocycles. The summed E-state index contributed by atoms with van der Waals surface area (Å²) in [5, 5.41) is 16.6. The summed E-state index contributed by atoms with van der Waals surface area (Å²) in [6.45, 7) is 1.89.